The molecule has 4 heteroatoms. The molecule has 0 spiro atoms. The molecule has 0 aliphatic heterocycles. The van der Waals surface area contributed by atoms with Gasteiger partial charge in [-0.15, -0.1) is 0 Å². The van der Waals surface area contributed by atoms with Crippen LogP contribution in [-0.2, 0) is 0 Å². The predicted molar refractivity (Wildman–Crippen MR) is 55.4 cm³/mol. The summed E-state index contributed by atoms with van der Waals surface area (Å²) in [6.45, 7) is 0. The first-order valence-corrected chi connectivity index (χ1v) is 4.57. The van der Waals surface area contributed by atoms with Crippen molar-refractivity contribution in [3.05, 3.63) is 54.1 Å². The number of halogens is 1. The van der Waals surface area contributed by atoms with Gasteiger partial charge in [-0.2, -0.15) is 5.26 Å². The van der Waals surface area contributed by atoms with Crippen LogP contribution in [0.25, 0.3) is 0 Å². The number of hydrogen-bond donors (Lipinski definition) is 0. The van der Waals surface area contributed by atoms with E-state index in [4.69, 9.17) is 10.00 Å². The molecule has 0 atom stereocenters. The van der Waals surface area contributed by atoms with Crippen LogP contribution in [0.15, 0.2) is 42.7 Å². The number of ether oxygens (including phenoxy) is 1. The van der Waals surface area contributed by atoms with Gasteiger partial charge in [0.05, 0.1) is 18.0 Å². The highest BCUT2D eigenvalue weighted by atomic mass is 19.1. The van der Waals surface area contributed by atoms with E-state index in [0.717, 1.165) is 6.20 Å². The van der Waals surface area contributed by atoms with Crippen LogP contribution in [0.2, 0.25) is 0 Å². The predicted octanol–water partition coefficient (Wildman–Crippen LogP) is 2.88. The van der Waals surface area contributed by atoms with Gasteiger partial charge in [-0.25, -0.2) is 4.39 Å². The highest BCUT2D eigenvalue weighted by Crippen LogP contribution is 2.24. The van der Waals surface area contributed by atoms with Crippen molar-refractivity contribution in [1.82, 2.24) is 4.98 Å². The Morgan fingerprint density at radius 3 is 2.81 bits per heavy atom. The van der Waals surface area contributed by atoms with Crippen molar-refractivity contribution in [2.24, 2.45) is 0 Å². The fraction of sp³-hybridized carbons (Fsp3) is 0. The van der Waals surface area contributed by atoms with E-state index in [1.165, 1.54) is 12.3 Å². The molecule has 0 saturated heterocycles. The molecule has 2 rings (SSSR count). The third kappa shape index (κ3) is 2.15. The van der Waals surface area contributed by atoms with Gasteiger partial charge >= 0.3 is 0 Å². The van der Waals surface area contributed by atoms with E-state index in [-0.39, 0.29) is 5.75 Å². The highest BCUT2D eigenvalue weighted by Gasteiger charge is 2.04. The maximum absolute atomic E-state index is 12.8. The van der Waals surface area contributed by atoms with Crippen LogP contribution in [-0.4, -0.2) is 4.98 Å². The van der Waals surface area contributed by atoms with Crippen molar-refractivity contribution in [1.29, 1.82) is 5.26 Å². The zero-order valence-electron chi connectivity index (χ0n) is 8.22. The number of rotatable bonds is 2. The fourth-order valence-corrected chi connectivity index (χ4v) is 1.22. The number of aromatic nitrogens is 1. The van der Waals surface area contributed by atoms with Gasteiger partial charge in [0.2, 0.25) is 0 Å². The van der Waals surface area contributed by atoms with E-state index in [9.17, 15) is 4.39 Å². The Morgan fingerprint density at radius 1 is 1.25 bits per heavy atom. The summed E-state index contributed by atoms with van der Waals surface area (Å²) in [4.78, 5) is 3.65. The van der Waals surface area contributed by atoms with Gasteiger partial charge in [0.1, 0.15) is 23.4 Å². The molecule has 0 amide bonds. The molecule has 0 radical (unpaired) electrons. The Labute approximate surface area is 91.7 Å². The van der Waals surface area contributed by atoms with Crippen LogP contribution in [0.1, 0.15) is 5.56 Å². The summed E-state index contributed by atoms with van der Waals surface area (Å²) in [6.07, 6.45) is 2.47. The van der Waals surface area contributed by atoms with Gasteiger partial charge < -0.3 is 4.74 Å². The Kier molecular flexibility index (Phi) is 2.79. The summed E-state index contributed by atoms with van der Waals surface area (Å²) < 4.78 is 18.2. The topological polar surface area (TPSA) is 45.9 Å². The molecule has 0 aliphatic rings. The van der Waals surface area contributed by atoms with Gasteiger partial charge in [0.15, 0.2) is 0 Å². The lowest BCUT2D eigenvalue weighted by atomic mass is 10.2. The van der Waals surface area contributed by atoms with Crippen LogP contribution in [0.3, 0.4) is 0 Å². The summed E-state index contributed by atoms with van der Waals surface area (Å²) in [6, 6.07) is 9.94. The van der Waals surface area contributed by atoms with E-state index in [2.05, 4.69) is 4.98 Å². The molecule has 1 aromatic carbocycles. The van der Waals surface area contributed by atoms with Crippen molar-refractivity contribution in [3.8, 4) is 17.6 Å². The van der Waals surface area contributed by atoms with Gasteiger partial charge in [-0.05, 0) is 12.1 Å². The minimum Gasteiger partial charge on any atom is -0.454 e. The minimum atomic E-state index is -0.480. The first-order chi connectivity index (χ1) is 7.79. The van der Waals surface area contributed by atoms with Crippen LogP contribution < -0.4 is 4.74 Å². The van der Waals surface area contributed by atoms with Crippen LogP contribution in [0.4, 0.5) is 4.39 Å². The lowest BCUT2D eigenvalue weighted by Gasteiger charge is -2.06. The van der Waals surface area contributed by atoms with Crippen molar-refractivity contribution >= 4 is 0 Å². The first-order valence-electron chi connectivity index (χ1n) is 4.57. The Morgan fingerprint density at radius 2 is 2.06 bits per heavy atom. The minimum absolute atomic E-state index is 0.266. The molecule has 78 valence electrons. The summed E-state index contributed by atoms with van der Waals surface area (Å²) >= 11 is 0. The molecule has 3 nitrogen and oxygen atoms in total. The lowest BCUT2D eigenvalue weighted by Crippen LogP contribution is -1.89. The van der Waals surface area contributed by atoms with Gasteiger partial charge in [-0.3, -0.25) is 4.98 Å². The molecule has 0 bridgehead atoms. The quantitative estimate of drug-likeness (QED) is 0.772. The largest absolute Gasteiger partial charge is 0.454 e. The van der Waals surface area contributed by atoms with E-state index < -0.39 is 5.82 Å². The molecule has 0 fully saturated rings. The molecule has 0 aliphatic carbocycles. The van der Waals surface area contributed by atoms with E-state index in [1.807, 2.05) is 6.07 Å². The third-order valence-corrected chi connectivity index (χ3v) is 1.92. The summed E-state index contributed by atoms with van der Waals surface area (Å²) in [5.41, 5.74) is 0.395. The summed E-state index contributed by atoms with van der Waals surface area (Å²) in [5.74, 6) is 0.173. The number of pyridine rings is 1. The molecule has 2 aromatic rings. The molecule has 0 unspecified atom stereocenters. The Balaban J connectivity index is 2.31. The Hall–Kier alpha value is -2.41. The second-order valence-electron chi connectivity index (χ2n) is 3.05. The summed E-state index contributed by atoms with van der Waals surface area (Å²) in [5, 5.41) is 8.83. The van der Waals surface area contributed by atoms with Crippen molar-refractivity contribution in [2.75, 3.05) is 0 Å². The molecular weight excluding hydrogens is 207 g/mol. The van der Waals surface area contributed by atoms with Gasteiger partial charge in [0, 0.05) is 6.07 Å². The van der Waals surface area contributed by atoms with Crippen molar-refractivity contribution in [3.63, 3.8) is 0 Å². The molecular formula is C12H7FN2O. The second kappa shape index (κ2) is 4.41. The number of nitrogens with zero attached hydrogens (tertiary/aromatic N) is 2. The normalized spacial score (nSPS) is 9.50. The molecule has 0 N–H and O–H groups in total. The average Bonchev–Trinajstić information content (AvgIpc) is 2.30. The van der Waals surface area contributed by atoms with E-state index in [1.54, 1.807) is 24.3 Å². The van der Waals surface area contributed by atoms with Crippen LogP contribution >= 0.6 is 0 Å². The number of para-hydroxylation sites is 1. The smallest absolute Gasteiger partial charge is 0.148 e. The average molecular weight is 214 g/mol. The zero-order valence-corrected chi connectivity index (χ0v) is 8.22. The Bertz CT molecular complexity index is 549. The number of nitriles is 1. The number of benzene rings is 1. The molecule has 1 heterocycles. The maximum atomic E-state index is 12.8. The molecule has 1 aromatic heterocycles. The summed E-state index contributed by atoms with van der Waals surface area (Å²) in [7, 11) is 0. The van der Waals surface area contributed by atoms with Crippen LogP contribution in [0, 0.1) is 17.1 Å². The molecule has 0 saturated carbocycles. The zero-order chi connectivity index (χ0) is 11.4. The van der Waals surface area contributed by atoms with Crippen LogP contribution in [0.5, 0.6) is 11.5 Å². The highest BCUT2D eigenvalue weighted by molar-refractivity contribution is 5.44. The van der Waals surface area contributed by atoms with Gasteiger partial charge in [-0.1, -0.05) is 12.1 Å². The lowest BCUT2D eigenvalue weighted by molar-refractivity contribution is 0.472. The maximum Gasteiger partial charge on any atom is 0.148 e. The van der Waals surface area contributed by atoms with Crippen molar-refractivity contribution < 1.29 is 9.13 Å². The molecule has 16 heavy (non-hydrogen) atoms. The monoisotopic (exact) mass is 214 g/mol. The SMILES string of the molecule is N#Cc1ccccc1Oc1cncc(F)c1. The fourth-order valence-electron chi connectivity index (χ4n) is 1.22. The van der Waals surface area contributed by atoms with E-state index >= 15 is 0 Å². The second-order valence-corrected chi connectivity index (χ2v) is 3.05. The standard InChI is InChI=1S/C12H7FN2O/c13-10-5-11(8-15-7-10)16-12-4-2-1-3-9(12)6-14/h1-5,7-8H. The van der Waals surface area contributed by atoms with Crippen molar-refractivity contribution in [2.45, 2.75) is 0 Å². The number of hydrogen-bond acceptors (Lipinski definition) is 3. The van der Waals surface area contributed by atoms with Gasteiger partial charge in [0.25, 0.3) is 0 Å². The third-order valence-electron chi connectivity index (χ3n) is 1.92. The van der Waals surface area contributed by atoms with E-state index in [0.29, 0.717) is 11.3 Å². The first kappa shape index (κ1) is 10.1.